The van der Waals surface area contributed by atoms with Gasteiger partial charge in [-0.15, -0.1) is 0 Å². The van der Waals surface area contributed by atoms with Crippen molar-refractivity contribution in [3.8, 4) is 16.9 Å². The fourth-order valence-electron chi connectivity index (χ4n) is 5.38. The molecule has 0 spiro atoms. The quantitative estimate of drug-likeness (QED) is 0.359. The maximum absolute atomic E-state index is 15.6. The molecule has 1 aromatic carbocycles. The van der Waals surface area contributed by atoms with E-state index >= 15 is 4.39 Å². The summed E-state index contributed by atoms with van der Waals surface area (Å²) in [5, 5.41) is 0.694. The van der Waals surface area contributed by atoms with Crippen LogP contribution in [-0.2, 0) is 6.42 Å². The van der Waals surface area contributed by atoms with Crippen LogP contribution in [0.1, 0.15) is 43.9 Å². The Morgan fingerprint density at radius 2 is 1.87 bits per heavy atom. The first-order chi connectivity index (χ1) is 18.4. The Balaban J connectivity index is 1.95. The number of allylic oxidation sites excluding steroid dienone is 4. The predicted octanol–water partition coefficient (Wildman–Crippen LogP) is 6.30. The molecule has 212 valence electrons. The van der Waals surface area contributed by atoms with Crippen molar-refractivity contribution in [2.24, 2.45) is 0 Å². The number of ether oxygens (including phenoxy) is 1. The highest BCUT2D eigenvalue weighted by Crippen LogP contribution is 2.51. The third-order valence-corrected chi connectivity index (χ3v) is 9.17. The van der Waals surface area contributed by atoms with Crippen LogP contribution in [0.5, 0.6) is 5.75 Å². The zero-order chi connectivity index (χ0) is 28.6. The molecule has 1 unspecified atom stereocenters. The highest BCUT2D eigenvalue weighted by molar-refractivity contribution is 8.00. The molecule has 1 aromatic heterocycles. The number of pyridine rings is 1. The van der Waals surface area contributed by atoms with E-state index in [-0.39, 0.29) is 51.6 Å². The molecule has 1 atom stereocenters. The Hall–Kier alpha value is -2.49. The maximum atomic E-state index is 15.6. The molecule has 0 saturated heterocycles. The van der Waals surface area contributed by atoms with Crippen molar-refractivity contribution in [2.75, 3.05) is 47.9 Å². The molecule has 0 fully saturated rings. The first-order valence-electron chi connectivity index (χ1n) is 13.2. The van der Waals surface area contributed by atoms with E-state index in [1.54, 1.807) is 35.4 Å². The van der Waals surface area contributed by atoms with Crippen LogP contribution in [0.25, 0.3) is 11.1 Å². The molecule has 5 nitrogen and oxygen atoms in total. The summed E-state index contributed by atoms with van der Waals surface area (Å²) in [4.78, 5) is 18.6. The number of rotatable bonds is 9. The van der Waals surface area contributed by atoms with Gasteiger partial charge in [-0.1, -0.05) is 23.9 Å². The second-order valence-electron chi connectivity index (χ2n) is 11.2. The molecule has 0 amide bonds. The van der Waals surface area contributed by atoms with Gasteiger partial charge in [-0.25, -0.2) is 13.2 Å². The Morgan fingerprint density at radius 1 is 1.15 bits per heavy atom. The highest BCUT2D eigenvalue weighted by atomic mass is 32.2. The summed E-state index contributed by atoms with van der Waals surface area (Å²) in [5.74, 6) is -1.65. The van der Waals surface area contributed by atoms with Crippen LogP contribution in [0.3, 0.4) is 0 Å². The van der Waals surface area contributed by atoms with E-state index < -0.39 is 17.5 Å². The van der Waals surface area contributed by atoms with E-state index in [1.807, 2.05) is 21.1 Å². The third-order valence-electron chi connectivity index (χ3n) is 7.73. The number of hydrogen-bond donors (Lipinski definition) is 0. The van der Waals surface area contributed by atoms with E-state index in [4.69, 9.17) is 4.74 Å². The summed E-state index contributed by atoms with van der Waals surface area (Å²) in [6.07, 6.45) is 1.85. The fourth-order valence-corrected chi connectivity index (χ4v) is 6.86. The van der Waals surface area contributed by atoms with E-state index in [0.29, 0.717) is 29.1 Å². The van der Waals surface area contributed by atoms with Gasteiger partial charge in [0.05, 0.1) is 23.7 Å². The first-order valence-corrected chi connectivity index (χ1v) is 14.1. The van der Waals surface area contributed by atoms with Gasteiger partial charge in [0.1, 0.15) is 11.7 Å². The largest absolute Gasteiger partial charge is 0.494 e. The van der Waals surface area contributed by atoms with Crippen LogP contribution in [0, 0.1) is 12.7 Å². The molecule has 2 aromatic rings. The molecular formula is C30H38F3N3O2S. The topological polar surface area (TPSA) is 37.7 Å². The molecule has 0 N–H and O–H groups in total. The SMILES string of the molecule is COc1cccc(-c2c(C)c(CC3=C(F)CCC=C3F)c3n(c2=O)C(CN(C)CCN(C)C)C(C)(C)S3)c1F. The minimum atomic E-state index is -0.634. The van der Waals surface area contributed by atoms with Crippen LogP contribution in [-0.4, -0.2) is 67.0 Å². The van der Waals surface area contributed by atoms with Crippen molar-refractivity contribution in [1.82, 2.24) is 14.4 Å². The van der Waals surface area contributed by atoms with Crippen LogP contribution >= 0.6 is 11.8 Å². The van der Waals surface area contributed by atoms with E-state index in [1.165, 1.54) is 19.3 Å². The smallest absolute Gasteiger partial charge is 0.260 e. The number of fused-ring (bicyclic) bond motifs is 1. The number of benzene rings is 1. The van der Waals surface area contributed by atoms with Crippen molar-refractivity contribution in [3.63, 3.8) is 0 Å². The second kappa shape index (κ2) is 11.6. The van der Waals surface area contributed by atoms with Gasteiger partial charge in [-0.2, -0.15) is 0 Å². The standard InChI is InChI=1S/C30H38F3N3O2S/c1-18-20(16-21-22(31)11-9-12-23(21)32)29-36(25(30(2,3)39-29)17-35(6)15-14-34(4)5)28(37)26(18)19-10-8-13-24(38-7)27(19)33/h8,10-11,13,25H,9,12,14-17H2,1-7H3. The Bertz CT molecular complexity index is 1380. The number of aromatic nitrogens is 1. The maximum Gasteiger partial charge on any atom is 0.260 e. The minimum Gasteiger partial charge on any atom is -0.494 e. The molecule has 39 heavy (non-hydrogen) atoms. The van der Waals surface area contributed by atoms with E-state index in [9.17, 15) is 13.6 Å². The van der Waals surface area contributed by atoms with Gasteiger partial charge in [0.15, 0.2) is 11.6 Å². The second-order valence-corrected chi connectivity index (χ2v) is 12.9. The number of thioether (sulfide) groups is 1. The third kappa shape index (κ3) is 5.72. The zero-order valence-corrected chi connectivity index (χ0v) is 24.6. The van der Waals surface area contributed by atoms with Crippen LogP contribution in [0.4, 0.5) is 13.2 Å². The normalized spacial score (nSPS) is 18.7. The van der Waals surface area contributed by atoms with Gasteiger partial charge in [0, 0.05) is 48.4 Å². The monoisotopic (exact) mass is 561 g/mol. The molecule has 4 rings (SSSR count). The number of hydrogen-bond acceptors (Lipinski definition) is 5. The van der Waals surface area contributed by atoms with Gasteiger partial charge >= 0.3 is 0 Å². The average molecular weight is 562 g/mol. The molecule has 1 aliphatic heterocycles. The Labute approximate surface area is 233 Å². The molecule has 0 saturated carbocycles. The lowest BCUT2D eigenvalue weighted by atomic mass is 9.91. The summed E-state index contributed by atoms with van der Waals surface area (Å²) in [5.41, 5.74) is 1.20. The number of nitrogens with zero attached hydrogens (tertiary/aromatic N) is 3. The van der Waals surface area contributed by atoms with Crippen molar-refractivity contribution in [3.05, 3.63) is 68.8 Å². The summed E-state index contributed by atoms with van der Waals surface area (Å²) < 4.78 is 52.0. The summed E-state index contributed by atoms with van der Waals surface area (Å²) in [6.45, 7) is 8.17. The van der Waals surface area contributed by atoms with E-state index in [2.05, 4.69) is 23.6 Å². The summed E-state index contributed by atoms with van der Waals surface area (Å²) in [6, 6.07) is 4.47. The number of likely N-dealkylation sites (N-methyl/N-ethyl adjacent to an activating group) is 2. The highest BCUT2D eigenvalue weighted by Gasteiger charge is 2.44. The Kier molecular flexibility index (Phi) is 8.73. The van der Waals surface area contributed by atoms with Crippen LogP contribution in [0.2, 0.25) is 0 Å². The minimum absolute atomic E-state index is 0.00724. The lowest BCUT2D eigenvalue weighted by Gasteiger charge is -2.31. The molecule has 9 heteroatoms. The number of methoxy groups -OCH3 is 1. The predicted molar refractivity (Wildman–Crippen MR) is 153 cm³/mol. The van der Waals surface area contributed by atoms with Crippen LogP contribution < -0.4 is 10.3 Å². The van der Waals surface area contributed by atoms with E-state index in [0.717, 1.165) is 13.1 Å². The molecule has 2 heterocycles. The lowest BCUT2D eigenvalue weighted by molar-refractivity contribution is 0.227. The summed E-state index contributed by atoms with van der Waals surface area (Å²) >= 11 is 1.55. The molecule has 1 aliphatic carbocycles. The van der Waals surface area contributed by atoms with Gasteiger partial charge in [-0.05, 0) is 71.6 Å². The number of halogens is 3. The van der Waals surface area contributed by atoms with Gasteiger partial charge in [0.25, 0.3) is 5.56 Å². The van der Waals surface area contributed by atoms with Crippen molar-refractivity contribution in [1.29, 1.82) is 0 Å². The molecule has 0 bridgehead atoms. The van der Waals surface area contributed by atoms with Crippen molar-refractivity contribution in [2.45, 2.75) is 55.8 Å². The lowest BCUT2D eigenvalue weighted by Crippen LogP contribution is -2.41. The fraction of sp³-hybridized carbons (Fsp3) is 0.500. The first kappa shape index (κ1) is 29.5. The zero-order valence-electron chi connectivity index (χ0n) is 23.8. The van der Waals surface area contributed by atoms with Crippen molar-refractivity contribution >= 4 is 11.8 Å². The molecular weight excluding hydrogens is 523 g/mol. The van der Waals surface area contributed by atoms with Gasteiger partial charge < -0.3 is 14.5 Å². The van der Waals surface area contributed by atoms with Crippen LogP contribution in [0.15, 0.2) is 51.3 Å². The Morgan fingerprint density at radius 3 is 2.51 bits per heavy atom. The average Bonchev–Trinajstić information content (AvgIpc) is 3.13. The van der Waals surface area contributed by atoms with Crippen molar-refractivity contribution < 1.29 is 17.9 Å². The molecule has 2 aliphatic rings. The summed E-state index contributed by atoms with van der Waals surface area (Å²) in [7, 11) is 7.43. The van der Waals surface area contributed by atoms with Gasteiger partial charge in [-0.3, -0.25) is 9.36 Å². The molecule has 0 radical (unpaired) electrons. The van der Waals surface area contributed by atoms with Gasteiger partial charge in [0.2, 0.25) is 0 Å².